The summed E-state index contributed by atoms with van der Waals surface area (Å²) in [5.74, 6) is 2.02. The van der Waals surface area contributed by atoms with Gasteiger partial charge in [-0.25, -0.2) is 0 Å². The molecule has 0 amide bonds. The minimum atomic E-state index is 1.01. The first-order valence-electron chi connectivity index (χ1n) is 6.51. The summed E-state index contributed by atoms with van der Waals surface area (Å²) < 4.78 is 0. The molecule has 90 valence electrons. The van der Waals surface area contributed by atoms with Crippen LogP contribution in [0.1, 0.15) is 38.5 Å². The Morgan fingerprint density at radius 1 is 1.00 bits per heavy atom. The van der Waals surface area contributed by atoms with Crippen LogP contribution in [-0.4, -0.2) is 39.1 Å². The predicted octanol–water partition coefficient (Wildman–Crippen LogP) is 2.35. The molecule has 1 saturated carbocycles. The fourth-order valence-electron chi connectivity index (χ4n) is 2.60. The predicted molar refractivity (Wildman–Crippen MR) is 67.2 cm³/mol. The molecular weight excluding hydrogens is 184 g/mol. The summed E-state index contributed by atoms with van der Waals surface area (Å²) >= 11 is 0. The Kier molecular flexibility index (Phi) is 6.26. The van der Waals surface area contributed by atoms with Gasteiger partial charge < -0.3 is 10.2 Å². The molecular formula is C13H28N2. The molecule has 0 saturated heterocycles. The number of hydrogen-bond donors (Lipinski definition) is 1. The van der Waals surface area contributed by atoms with E-state index in [4.69, 9.17) is 0 Å². The minimum Gasteiger partial charge on any atom is -0.320 e. The molecule has 1 rings (SSSR count). The van der Waals surface area contributed by atoms with Crippen molar-refractivity contribution >= 4 is 0 Å². The SMILES string of the molecule is CNCCC1CCC(CCN(C)C)CC1. The van der Waals surface area contributed by atoms with Crippen molar-refractivity contribution in [3.05, 3.63) is 0 Å². The second-order valence-electron chi connectivity index (χ2n) is 5.37. The van der Waals surface area contributed by atoms with E-state index in [-0.39, 0.29) is 0 Å². The maximum Gasteiger partial charge on any atom is -0.00222 e. The van der Waals surface area contributed by atoms with Gasteiger partial charge in [0.05, 0.1) is 0 Å². The fourth-order valence-corrected chi connectivity index (χ4v) is 2.60. The highest BCUT2D eigenvalue weighted by molar-refractivity contribution is 4.73. The van der Waals surface area contributed by atoms with E-state index in [0.717, 1.165) is 11.8 Å². The van der Waals surface area contributed by atoms with Crippen LogP contribution in [0.2, 0.25) is 0 Å². The monoisotopic (exact) mass is 212 g/mol. The van der Waals surface area contributed by atoms with E-state index >= 15 is 0 Å². The van der Waals surface area contributed by atoms with E-state index in [1.54, 1.807) is 0 Å². The summed E-state index contributed by atoms with van der Waals surface area (Å²) in [7, 11) is 6.42. The highest BCUT2D eigenvalue weighted by atomic mass is 15.0. The molecule has 0 aromatic heterocycles. The van der Waals surface area contributed by atoms with E-state index in [0.29, 0.717) is 0 Å². The van der Waals surface area contributed by atoms with Crippen molar-refractivity contribution in [3.8, 4) is 0 Å². The van der Waals surface area contributed by atoms with Crippen molar-refractivity contribution in [1.29, 1.82) is 0 Å². The van der Waals surface area contributed by atoms with Crippen LogP contribution in [0.3, 0.4) is 0 Å². The standard InChI is InChI=1S/C13H28N2/c1-14-10-8-12-4-6-13(7-5-12)9-11-15(2)3/h12-14H,4-11H2,1-3H3. The zero-order valence-electron chi connectivity index (χ0n) is 10.8. The normalized spacial score (nSPS) is 27.2. The van der Waals surface area contributed by atoms with Crippen LogP contribution in [0, 0.1) is 11.8 Å². The Morgan fingerprint density at radius 2 is 1.53 bits per heavy atom. The van der Waals surface area contributed by atoms with E-state index in [1.807, 2.05) is 0 Å². The van der Waals surface area contributed by atoms with Crippen molar-refractivity contribution < 1.29 is 0 Å². The van der Waals surface area contributed by atoms with E-state index in [1.165, 1.54) is 51.6 Å². The molecule has 0 spiro atoms. The topological polar surface area (TPSA) is 15.3 Å². The van der Waals surface area contributed by atoms with Gasteiger partial charge >= 0.3 is 0 Å². The van der Waals surface area contributed by atoms with Crippen molar-refractivity contribution in [3.63, 3.8) is 0 Å². The summed E-state index contributed by atoms with van der Waals surface area (Å²) in [5.41, 5.74) is 0. The molecule has 2 nitrogen and oxygen atoms in total. The molecule has 0 heterocycles. The lowest BCUT2D eigenvalue weighted by molar-refractivity contribution is 0.234. The highest BCUT2D eigenvalue weighted by Crippen LogP contribution is 2.32. The van der Waals surface area contributed by atoms with Gasteiger partial charge in [-0.1, -0.05) is 25.7 Å². The summed E-state index contributed by atoms with van der Waals surface area (Å²) in [5, 5.41) is 3.26. The van der Waals surface area contributed by atoms with E-state index < -0.39 is 0 Å². The van der Waals surface area contributed by atoms with Crippen LogP contribution >= 0.6 is 0 Å². The molecule has 1 N–H and O–H groups in total. The van der Waals surface area contributed by atoms with Crippen molar-refractivity contribution in [2.75, 3.05) is 34.2 Å². The zero-order valence-corrected chi connectivity index (χ0v) is 10.8. The summed E-state index contributed by atoms with van der Waals surface area (Å²) in [6.07, 6.45) is 8.69. The molecule has 15 heavy (non-hydrogen) atoms. The lowest BCUT2D eigenvalue weighted by Crippen LogP contribution is -2.22. The first-order chi connectivity index (χ1) is 7.22. The number of nitrogens with one attached hydrogen (secondary N) is 1. The number of rotatable bonds is 6. The van der Waals surface area contributed by atoms with E-state index in [2.05, 4.69) is 31.4 Å². The van der Waals surface area contributed by atoms with Crippen LogP contribution in [0.25, 0.3) is 0 Å². The molecule has 0 unspecified atom stereocenters. The van der Waals surface area contributed by atoms with Gasteiger partial charge in [-0.15, -0.1) is 0 Å². The average Bonchev–Trinajstić information content (AvgIpc) is 2.25. The van der Waals surface area contributed by atoms with Gasteiger partial charge in [0.2, 0.25) is 0 Å². The molecule has 0 bridgehead atoms. The summed E-state index contributed by atoms with van der Waals surface area (Å²) in [4.78, 5) is 2.31. The molecule has 0 aromatic rings. The van der Waals surface area contributed by atoms with Gasteiger partial charge in [0, 0.05) is 0 Å². The van der Waals surface area contributed by atoms with Gasteiger partial charge in [0.25, 0.3) is 0 Å². The Morgan fingerprint density at radius 3 is 2.00 bits per heavy atom. The molecule has 1 aliphatic carbocycles. The van der Waals surface area contributed by atoms with E-state index in [9.17, 15) is 0 Å². The Balaban J connectivity index is 2.07. The van der Waals surface area contributed by atoms with Gasteiger partial charge in [0.1, 0.15) is 0 Å². The molecule has 1 fully saturated rings. The first-order valence-corrected chi connectivity index (χ1v) is 6.51. The Labute approximate surface area is 95.4 Å². The molecule has 0 aliphatic heterocycles. The fraction of sp³-hybridized carbons (Fsp3) is 1.00. The minimum absolute atomic E-state index is 1.01. The summed E-state index contributed by atoms with van der Waals surface area (Å²) in [6, 6.07) is 0. The Bertz CT molecular complexity index is 149. The van der Waals surface area contributed by atoms with Gasteiger partial charge in [-0.2, -0.15) is 0 Å². The molecule has 0 radical (unpaired) electrons. The first kappa shape index (κ1) is 13.0. The third kappa shape index (κ3) is 5.53. The number of nitrogens with zero attached hydrogens (tertiary/aromatic N) is 1. The lowest BCUT2D eigenvalue weighted by Gasteiger charge is -2.29. The van der Waals surface area contributed by atoms with Crippen molar-refractivity contribution in [2.45, 2.75) is 38.5 Å². The third-order valence-corrected chi connectivity index (χ3v) is 3.75. The van der Waals surface area contributed by atoms with Crippen molar-refractivity contribution in [2.24, 2.45) is 11.8 Å². The van der Waals surface area contributed by atoms with Crippen LogP contribution < -0.4 is 5.32 Å². The molecule has 2 heteroatoms. The Hall–Kier alpha value is -0.0800. The third-order valence-electron chi connectivity index (χ3n) is 3.75. The average molecular weight is 212 g/mol. The lowest BCUT2D eigenvalue weighted by atomic mass is 9.79. The van der Waals surface area contributed by atoms with Gasteiger partial charge in [-0.3, -0.25) is 0 Å². The zero-order chi connectivity index (χ0) is 11.1. The van der Waals surface area contributed by atoms with Gasteiger partial charge in [-0.05, 0) is 58.9 Å². The quantitative estimate of drug-likeness (QED) is 0.727. The maximum absolute atomic E-state index is 3.26. The van der Waals surface area contributed by atoms with Crippen LogP contribution in [-0.2, 0) is 0 Å². The molecule has 1 aliphatic rings. The van der Waals surface area contributed by atoms with Crippen LogP contribution in [0.15, 0.2) is 0 Å². The maximum atomic E-state index is 3.26. The second-order valence-corrected chi connectivity index (χ2v) is 5.37. The second kappa shape index (κ2) is 7.24. The van der Waals surface area contributed by atoms with Crippen LogP contribution in [0.5, 0.6) is 0 Å². The molecule has 0 aromatic carbocycles. The van der Waals surface area contributed by atoms with Crippen molar-refractivity contribution in [1.82, 2.24) is 10.2 Å². The highest BCUT2D eigenvalue weighted by Gasteiger charge is 2.20. The van der Waals surface area contributed by atoms with Gasteiger partial charge in [0.15, 0.2) is 0 Å². The largest absolute Gasteiger partial charge is 0.320 e. The summed E-state index contributed by atoms with van der Waals surface area (Å²) in [6.45, 7) is 2.47. The smallest absolute Gasteiger partial charge is 0.00222 e. The molecule has 0 atom stereocenters. The van der Waals surface area contributed by atoms with Crippen LogP contribution in [0.4, 0.5) is 0 Å². The number of hydrogen-bond acceptors (Lipinski definition) is 2.